The number of aryl methyl sites for hydroxylation is 3. The molecule has 3 nitrogen and oxygen atoms in total. The van der Waals surface area contributed by atoms with Gasteiger partial charge in [0.2, 0.25) is 0 Å². The highest BCUT2D eigenvalue weighted by Gasteiger charge is 2.44. The van der Waals surface area contributed by atoms with E-state index < -0.39 is 5.97 Å². The van der Waals surface area contributed by atoms with E-state index in [0.717, 1.165) is 19.4 Å². The van der Waals surface area contributed by atoms with Crippen molar-refractivity contribution in [2.24, 2.45) is 5.92 Å². The summed E-state index contributed by atoms with van der Waals surface area (Å²) in [7, 11) is 0. The molecule has 1 aliphatic heterocycles. The van der Waals surface area contributed by atoms with E-state index in [1.165, 1.54) is 39.7 Å². The molecule has 0 saturated heterocycles. The number of carbonyl (C=O) groups is 1. The molecule has 1 aromatic heterocycles. The largest absolute Gasteiger partial charge is 0.481 e. The van der Waals surface area contributed by atoms with Gasteiger partial charge in [0.15, 0.2) is 0 Å². The summed E-state index contributed by atoms with van der Waals surface area (Å²) in [5.41, 5.74) is 6.77. The number of carboxylic acids is 1. The average Bonchev–Trinajstić information content (AvgIpc) is 3.20. The Kier molecular flexibility index (Phi) is 2.33. The number of carboxylic acid groups (broad SMARTS) is 1. The normalized spacial score (nSPS) is 24.1. The van der Waals surface area contributed by atoms with E-state index in [-0.39, 0.29) is 11.8 Å². The standard InChI is InChI=1S/C17H19NO2/c1-9-10(2)18-5-3-4-11-6-12(7-13(9)16(11)18)14-8-15(14)17(19)20/h6-7,14-15H,3-5,8H2,1-2H3,(H,19,20). The lowest BCUT2D eigenvalue weighted by molar-refractivity contribution is -0.138. The first-order valence-electron chi connectivity index (χ1n) is 7.43. The lowest BCUT2D eigenvalue weighted by atomic mass is 9.97. The van der Waals surface area contributed by atoms with Gasteiger partial charge in [0.05, 0.1) is 11.4 Å². The van der Waals surface area contributed by atoms with Crippen molar-refractivity contribution >= 4 is 16.9 Å². The number of rotatable bonds is 2. The fourth-order valence-corrected chi connectivity index (χ4v) is 3.84. The molecule has 2 atom stereocenters. The fraction of sp³-hybridized carbons (Fsp3) is 0.471. The minimum atomic E-state index is -0.644. The van der Waals surface area contributed by atoms with Crippen LogP contribution >= 0.6 is 0 Å². The highest BCUT2D eigenvalue weighted by Crippen LogP contribution is 2.49. The summed E-state index contributed by atoms with van der Waals surface area (Å²) in [5.74, 6) is -0.570. The zero-order chi connectivity index (χ0) is 14.0. The molecular formula is C17H19NO2. The topological polar surface area (TPSA) is 42.2 Å². The number of aliphatic carboxylic acids is 1. The van der Waals surface area contributed by atoms with Crippen LogP contribution < -0.4 is 0 Å². The van der Waals surface area contributed by atoms with Crippen LogP contribution in [0.4, 0.5) is 0 Å². The van der Waals surface area contributed by atoms with Crippen molar-refractivity contribution in [1.29, 1.82) is 0 Å². The van der Waals surface area contributed by atoms with Crippen LogP contribution in [-0.2, 0) is 17.8 Å². The first-order valence-corrected chi connectivity index (χ1v) is 7.43. The second kappa shape index (κ2) is 3.87. The predicted molar refractivity (Wildman–Crippen MR) is 78.2 cm³/mol. The minimum Gasteiger partial charge on any atom is -0.481 e. The van der Waals surface area contributed by atoms with E-state index in [2.05, 4.69) is 30.5 Å². The summed E-state index contributed by atoms with van der Waals surface area (Å²) in [4.78, 5) is 11.1. The minimum absolute atomic E-state index is 0.160. The zero-order valence-corrected chi connectivity index (χ0v) is 11.9. The number of benzene rings is 1. The average molecular weight is 269 g/mol. The summed E-state index contributed by atoms with van der Waals surface area (Å²) in [6.07, 6.45) is 3.12. The first kappa shape index (κ1) is 12.0. The smallest absolute Gasteiger partial charge is 0.307 e. The lowest BCUT2D eigenvalue weighted by Crippen LogP contribution is -2.09. The van der Waals surface area contributed by atoms with Crippen LogP contribution in [0, 0.1) is 19.8 Å². The number of hydrogen-bond acceptors (Lipinski definition) is 1. The Labute approximate surface area is 118 Å². The van der Waals surface area contributed by atoms with E-state index in [1.807, 2.05) is 0 Å². The zero-order valence-electron chi connectivity index (χ0n) is 11.9. The van der Waals surface area contributed by atoms with Crippen molar-refractivity contribution < 1.29 is 9.90 Å². The molecule has 0 bridgehead atoms. The number of nitrogens with zero attached hydrogens (tertiary/aromatic N) is 1. The third kappa shape index (κ3) is 1.49. The second-order valence-electron chi connectivity index (χ2n) is 6.33. The van der Waals surface area contributed by atoms with Gasteiger partial charge < -0.3 is 9.67 Å². The Bertz CT molecular complexity index is 741. The van der Waals surface area contributed by atoms with E-state index in [1.54, 1.807) is 0 Å². The molecule has 3 heteroatoms. The summed E-state index contributed by atoms with van der Waals surface area (Å²) < 4.78 is 2.44. The van der Waals surface area contributed by atoms with E-state index in [9.17, 15) is 4.79 Å². The predicted octanol–water partition coefficient (Wildman–Crippen LogP) is 3.39. The summed E-state index contributed by atoms with van der Waals surface area (Å²) >= 11 is 0. The highest BCUT2D eigenvalue weighted by atomic mass is 16.4. The van der Waals surface area contributed by atoms with Gasteiger partial charge in [-0.05, 0) is 61.8 Å². The van der Waals surface area contributed by atoms with Gasteiger partial charge in [-0.1, -0.05) is 6.07 Å². The maximum atomic E-state index is 11.1. The molecule has 2 aromatic rings. The van der Waals surface area contributed by atoms with Crippen molar-refractivity contribution in [2.45, 2.75) is 45.6 Å². The van der Waals surface area contributed by atoms with Gasteiger partial charge in [-0.3, -0.25) is 4.79 Å². The highest BCUT2D eigenvalue weighted by molar-refractivity contribution is 5.90. The fourth-order valence-electron chi connectivity index (χ4n) is 3.84. The van der Waals surface area contributed by atoms with Gasteiger partial charge in [-0.25, -0.2) is 0 Å². The van der Waals surface area contributed by atoms with Gasteiger partial charge in [-0.15, -0.1) is 0 Å². The molecule has 20 heavy (non-hydrogen) atoms. The van der Waals surface area contributed by atoms with Crippen molar-refractivity contribution in [3.8, 4) is 0 Å². The SMILES string of the molecule is Cc1c(C)n2c3c(cc(C4CC4C(=O)O)cc13)CCC2. The first-order chi connectivity index (χ1) is 9.58. The monoisotopic (exact) mass is 269 g/mol. The van der Waals surface area contributed by atoms with Crippen molar-refractivity contribution in [1.82, 2.24) is 4.57 Å². The molecule has 0 radical (unpaired) electrons. The lowest BCUT2D eigenvalue weighted by Gasteiger charge is -2.18. The summed E-state index contributed by atoms with van der Waals surface area (Å²) in [6, 6.07) is 4.51. The van der Waals surface area contributed by atoms with E-state index in [4.69, 9.17) is 5.11 Å². The quantitative estimate of drug-likeness (QED) is 0.908. The maximum absolute atomic E-state index is 11.1. The third-order valence-corrected chi connectivity index (χ3v) is 5.20. The summed E-state index contributed by atoms with van der Waals surface area (Å²) in [6.45, 7) is 5.50. The molecule has 104 valence electrons. The molecule has 1 N–H and O–H groups in total. The molecule has 4 rings (SSSR count). The van der Waals surface area contributed by atoms with Crippen LogP contribution in [-0.4, -0.2) is 15.6 Å². The summed E-state index contributed by atoms with van der Waals surface area (Å²) in [5, 5.41) is 10.5. The van der Waals surface area contributed by atoms with Gasteiger partial charge >= 0.3 is 5.97 Å². The van der Waals surface area contributed by atoms with Gasteiger partial charge in [0.25, 0.3) is 0 Å². The van der Waals surface area contributed by atoms with Crippen molar-refractivity contribution in [3.05, 3.63) is 34.5 Å². The Balaban J connectivity index is 1.91. The van der Waals surface area contributed by atoms with Gasteiger partial charge in [0, 0.05) is 17.6 Å². The van der Waals surface area contributed by atoms with Gasteiger partial charge in [0.1, 0.15) is 0 Å². The Hall–Kier alpha value is -1.77. The Morgan fingerprint density at radius 3 is 2.85 bits per heavy atom. The number of hydrogen-bond donors (Lipinski definition) is 1. The molecule has 2 heterocycles. The van der Waals surface area contributed by atoms with Crippen LogP contribution in [0.2, 0.25) is 0 Å². The van der Waals surface area contributed by atoms with E-state index in [0.29, 0.717) is 0 Å². The molecule has 1 aliphatic carbocycles. The van der Waals surface area contributed by atoms with Gasteiger partial charge in [-0.2, -0.15) is 0 Å². The molecule has 1 aromatic carbocycles. The Morgan fingerprint density at radius 1 is 1.35 bits per heavy atom. The van der Waals surface area contributed by atoms with Crippen LogP contribution in [0.25, 0.3) is 10.9 Å². The molecule has 2 unspecified atom stereocenters. The molecule has 1 fully saturated rings. The molecule has 0 spiro atoms. The van der Waals surface area contributed by atoms with Crippen LogP contribution in [0.15, 0.2) is 12.1 Å². The van der Waals surface area contributed by atoms with Crippen LogP contribution in [0.3, 0.4) is 0 Å². The van der Waals surface area contributed by atoms with Crippen LogP contribution in [0.1, 0.15) is 41.1 Å². The molecule has 0 amide bonds. The third-order valence-electron chi connectivity index (χ3n) is 5.20. The maximum Gasteiger partial charge on any atom is 0.307 e. The van der Waals surface area contributed by atoms with Crippen LogP contribution in [0.5, 0.6) is 0 Å². The van der Waals surface area contributed by atoms with Crippen molar-refractivity contribution in [3.63, 3.8) is 0 Å². The van der Waals surface area contributed by atoms with E-state index >= 15 is 0 Å². The molecular weight excluding hydrogens is 250 g/mol. The second-order valence-corrected chi connectivity index (χ2v) is 6.33. The Morgan fingerprint density at radius 2 is 2.15 bits per heavy atom. The molecule has 2 aliphatic rings. The number of aromatic nitrogens is 1. The molecule has 1 saturated carbocycles. The van der Waals surface area contributed by atoms with Crippen molar-refractivity contribution in [2.75, 3.05) is 0 Å².